The van der Waals surface area contributed by atoms with Crippen molar-refractivity contribution >= 4 is 45.2 Å². The van der Waals surface area contributed by atoms with Gasteiger partial charge in [-0.3, -0.25) is 9.88 Å². The molecule has 0 radical (unpaired) electrons. The van der Waals surface area contributed by atoms with Crippen LogP contribution in [0, 0.1) is 5.92 Å². The van der Waals surface area contributed by atoms with Crippen molar-refractivity contribution in [2.45, 2.75) is 19.9 Å². The van der Waals surface area contributed by atoms with Gasteiger partial charge in [-0.15, -0.1) is 0 Å². The lowest BCUT2D eigenvalue weighted by molar-refractivity contribution is -0.143. The van der Waals surface area contributed by atoms with Crippen molar-refractivity contribution in [3.8, 4) is 0 Å². The number of halogens is 2. The van der Waals surface area contributed by atoms with Gasteiger partial charge in [0.1, 0.15) is 6.04 Å². The number of rotatable bonds is 4. The van der Waals surface area contributed by atoms with Crippen LogP contribution in [0.25, 0.3) is 0 Å². The van der Waals surface area contributed by atoms with E-state index in [1.165, 1.54) is 7.11 Å². The van der Waals surface area contributed by atoms with Gasteiger partial charge in [-0.1, -0.05) is 36.3 Å². The molecular formula is C6H12Cl2NO2PS. The predicted molar refractivity (Wildman–Crippen MR) is 59.8 cm³/mol. The van der Waals surface area contributed by atoms with Crippen LogP contribution in [0.5, 0.6) is 0 Å². The van der Waals surface area contributed by atoms with Gasteiger partial charge >= 0.3 is 5.97 Å². The summed E-state index contributed by atoms with van der Waals surface area (Å²) in [7, 11) is 1.31. The molecule has 0 spiro atoms. The van der Waals surface area contributed by atoms with E-state index in [-0.39, 0.29) is 5.92 Å². The van der Waals surface area contributed by atoms with Gasteiger partial charge in [0.05, 0.1) is 7.11 Å². The Labute approximate surface area is 92.8 Å². The quantitative estimate of drug-likeness (QED) is 0.625. The molecule has 0 rings (SSSR count). The van der Waals surface area contributed by atoms with Crippen molar-refractivity contribution in [2.75, 3.05) is 7.11 Å². The number of methoxy groups -OCH3 is 1. The molecule has 0 amide bonds. The van der Waals surface area contributed by atoms with Crippen molar-refractivity contribution < 1.29 is 9.53 Å². The molecule has 0 aliphatic carbocycles. The average Bonchev–Trinajstić information content (AvgIpc) is 1.96. The van der Waals surface area contributed by atoms with E-state index in [0.717, 1.165) is 0 Å². The number of carbonyl (C=O) groups excluding carboxylic acids is 1. The Balaban J connectivity index is 4.45. The lowest BCUT2D eigenvalue weighted by Crippen LogP contribution is -2.38. The largest absolute Gasteiger partial charge is 0.468 e. The normalized spacial score (nSPS) is 14.3. The van der Waals surface area contributed by atoms with Gasteiger partial charge in [-0.25, -0.2) is 0 Å². The minimum Gasteiger partial charge on any atom is -0.468 e. The maximum absolute atomic E-state index is 11.2. The molecule has 1 N–H and O–H groups in total. The Morgan fingerprint density at radius 2 is 2.00 bits per heavy atom. The van der Waals surface area contributed by atoms with E-state index in [0.29, 0.717) is 0 Å². The zero-order valence-electron chi connectivity index (χ0n) is 7.58. The number of esters is 1. The van der Waals surface area contributed by atoms with Gasteiger partial charge in [0, 0.05) is 0 Å². The van der Waals surface area contributed by atoms with Crippen LogP contribution in [-0.2, 0) is 21.3 Å². The van der Waals surface area contributed by atoms with Crippen LogP contribution in [0.15, 0.2) is 0 Å². The van der Waals surface area contributed by atoms with Gasteiger partial charge in [0.15, 0.2) is 4.89 Å². The van der Waals surface area contributed by atoms with E-state index in [4.69, 9.17) is 34.3 Å². The summed E-state index contributed by atoms with van der Waals surface area (Å²) >= 11 is 16.1. The van der Waals surface area contributed by atoms with Crippen LogP contribution in [0.2, 0.25) is 0 Å². The van der Waals surface area contributed by atoms with Crippen LogP contribution in [0.3, 0.4) is 0 Å². The second-order valence-electron chi connectivity index (χ2n) is 2.84. The highest BCUT2D eigenvalue weighted by atomic mass is 35.9. The first-order chi connectivity index (χ1) is 5.78. The fourth-order valence-corrected chi connectivity index (χ4v) is 2.46. The van der Waals surface area contributed by atoms with E-state index in [2.05, 4.69) is 9.82 Å². The fourth-order valence-electron chi connectivity index (χ4n) is 0.763. The second-order valence-corrected chi connectivity index (χ2v) is 10.4. The molecule has 0 aromatic rings. The molecule has 78 valence electrons. The summed E-state index contributed by atoms with van der Waals surface area (Å²) in [5, 5.41) is 2.69. The molecule has 13 heavy (non-hydrogen) atoms. The van der Waals surface area contributed by atoms with Crippen LogP contribution < -0.4 is 5.09 Å². The van der Waals surface area contributed by atoms with Gasteiger partial charge in [-0.2, -0.15) is 0 Å². The molecular weight excluding hydrogens is 252 g/mol. The van der Waals surface area contributed by atoms with Crippen LogP contribution in [0.1, 0.15) is 13.8 Å². The Bertz CT molecular complexity index is 231. The molecule has 0 aliphatic heterocycles. The van der Waals surface area contributed by atoms with E-state index < -0.39 is 16.9 Å². The molecule has 0 aliphatic rings. The number of hydrogen-bond acceptors (Lipinski definition) is 3. The fraction of sp³-hybridized carbons (Fsp3) is 0.833. The average molecular weight is 264 g/mol. The smallest absolute Gasteiger partial charge is 0.323 e. The van der Waals surface area contributed by atoms with Crippen molar-refractivity contribution in [3.63, 3.8) is 0 Å². The summed E-state index contributed by atoms with van der Waals surface area (Å²) in [5.74, 6) is -0.363. The number of ether oxygens (including phenoxy) is 1. The molecule has 0 aromatic heterocycles. The van der Waals surface area contributed by atoms with E-state index >= 15 is 0 Å². The second kappa shape index (κ2) is 5.52. The maximum Gasteiger partial charge on any atom is 0.323 e. The molecule has 0 saturated heterocycles. The number of nitrogens with one attached hydrogen (secondary N) is 1. The van der Waals surface area contributed by atoms with Gasteiger partial charge in [0.2, 0.25) is 0 Å². The third kappa shape index (κ3) is 5.87. The first kappa shape index (κ1) is 13.7. The molecule has 1 atom stereocenters. The first-order valence-electron chi connectivity index (χ1n) is 3.63. The molecule has 0 bridgehead atoms. The molecule has 3 nitrogen and oxygen atoms in total. The Morgan fingerprint density at radius 3 is 2.23 bits per heavy atom. The highest BCUT2D eigenvalue weighted by Crippen LogP contribution is 2.53. The third-order valence-electron chi connectivity index (χ3n) is 1.41. The zero-order chi connectivity index (χ0) is 10.6. The van der Waals surface area contributed by atoms with Crippen molar-refractivity contribution in [2.24, 2.45) is 5.92 Å². The molecule has 0 heterocycles. The summed E-state index contributed by atoms with van der Waals surface area (Å²) in [6.07, 6.45) is 0. The topological polar surface area (TPSA) is 38.3 Å². The lowest BCUT2D eigenvalue weighted by atomic mass is 10.1. The monoisotopic (exact) mass is 263 g/mol. The Morgan fingerprint density at radius 1 is 1.54 bits per heavy atom. The molecule has 0 fully saturated rings. The van der Waals surface area contributed by atoms with Crippen molar-refractivity contribution in [3.05, 3.63) is 0 Å². The number of hydrogen-bond donors (Lipinski definition) is 1. The van der Waals surface area contributed by atoms with Crippen LogP contribution in [-0.4, -0.2) is 19.1 Å². The summed E-state index contributed by atoms with van der Waals surface area (Å²) in [6.45, 7) is 3.71. The maximum atomic E-state index is 11.2. The first-order valence-corrected chi connectivity index (χ1v) is 8.24. The number of carbonyl (C=O) groups is 1. The van der Waals surface area contributed by atoms with Gasteiger partial charge in [0.25, 0.3) is 0 Å². The molecule has 0 aromatic carbocycles. The van der Waals surface area contributed by atoms with Gasteiger partial charge in [-0.05, 0) is 17.7 Å². The summed E-state index contributed by atoms with van der Waals surface area (Å²) in [4.78, 5) is 8.58. The SMILES string of the molecule is COC(=O)[C@H](NP(=S)(Cl)Cl)C(C)C. The van der Waals surface area contributed by atoms with Crippen molar-refractivity contribution in [1.82, 2.24) is 5.09 Å². The Kier molecular flexibility index (Phi) is 5.80. The lowest BCUT2D eigenvalue weighted by Gasteiger charge is -2.21. The van der Waals surface area contributed by atoms with Crippen molar-refractivity contribution in [1.29, 1.82) is 0 Å². The molecule has 7 heteroatoms. The summed E-state index contributed by atoms with van der Waals surface area (Å²) in [6, 6.07) is -0.536. The summed E-state index contributed by atoms with van der Waals surface area (Å²) < 4.78 is 4.57. The minimum absolute atomic E-state index is 0.0345. The highest BCUT2D eigenvalue weighted by Gasteiger charge is 2.26. The minimum atomic E-state index is -2.62. The van der Waals surface area contributed by atoms with Gasteiger partial charge < -0.3 is 4.74 Å². The van der Waals surface area contributed by atoms with Crippen LogP contribution in [0.4, 0.5) is 0 Å². The highest BCUT2D eigenvalue weighted by molar-refractivity contribution is 8.38. The van der Waals surface area contributed by atoms with E-state index in [1.807, 2.05) is 13.8 Å². The standard InChI is InChI=1S/C6H12Cl2NO2PS/c1-4(2)5(6(10)11-3)9-12(7,8)13/h4-5H,1-3H3,(H,9,13)/t5-/m1/s1. The third-order valence-corrected chi connectivity index (χ3v) is 2.89. The van der Waals surface area contributed by atoms with Crippen LogP contribution >= 0.6 is 27.4 Å². The summed E-state index contributed by atoms with van der Waals surface area (Å²) in [5.41, 5.74) is 0. The molecule has 0 saturated carbocycles. The van der Waals surface area contributed by atoms with E-state index in [1.54, 1.807) is 0 Å². The predicted octanol–water partition coefficient (Wildman–Crippen LogP) is 2.48. The van der Waals surface area contributed by atoms with E-state index in [9.17, 15) is 4.79 Å². The zero-order valence-corrected chi connectivity index (χ0v) is 10.8. The Hall–Kier alpha value is 0.660. The molecule has 0 unspecified atom stereocenters.